The maximum absolute atomic E-state index is 6.65. The molecule has 0 atom stereocenters. The lowest BCUT2D eigenvalue weighted by atomic mass is 10.0. The highest BCUT2D eigenvalue weighted by Crippen LogP contribution is 2.41. The van der Waals surface area contributed by atoms with Crippen molar-refractivity contribution in [3.8, 4) is 51.0 Å². The zero-order chi connectivity index (χ0) is 37.5. The molecule has 4 heterocycles. The molecule has 5 nitrogen and oxygen atoms in total. The Morgan fingerprint density at radius 3 is 1.81 bits per heavy atom. The summed E-state index contributed by atoms with van der Waals surface area (Å²) in [7, 11) is 0. The Morgan fingerprint density at radius 1 is 0.386 bits per heavy atom. The van der Waals surface area contributed by atoms with Crippen LogP contribution >= 0.6 is 11.3 Å². The Bertz CT molecular complexity index is 3530. The first-order valence-electron chi connectivity index (χ1n) is 19.0. The fraction of sp³-hybridized carbons (Fsp3) is 0. The smallest absolute Gasteiger partial charge is 0.164 e. The van der Waals surface area contributed by atoms with E-state index in [-0.39, 0.29) is 0 Å². The van der Waals surface area contributed by atoms with E-state index in [1.54, 1.807) is 11.3 Å². The van der Waals surface area contributed by atoms with Gasteiger partial charge in [-0.15, -0.1) is 11.3 Å². The van der Waals surface area contributed by atoms with Crippen LogP contribution < -0.4 is 0 Å². The molecule has 0 unspecified atom stereocenters. The molecule has 12 rings (SSSR count). The van der Waals surface area contributed by atoms with Crippen LogP contribution in [0.15, 0.2) is 186 Å². The molecule has 0 N–H and O–H groups in total. The Hall–Kier alpha value is -7.41. The predicted molar refractivity (Wildman–Crippen MR) is 236 cm³/mol. The monoisotopic (exact) mass is 746 g/mol. The molecule has 0 radical (unpaired) electrons. The molecule has 0 bridgehead atoms. The number of benzene rings is 8. The third kappa shape index (κ3) is 5.12. The molecule has 266 valence electrons. The van der Waals surface area contributed by atoms with E-state index in [1.807, 2.05) is 30.3 Å². The fourth-order valence-corrected chi connectivity index (χ4v) is 9.54. The van der Waals surface area contributed by atoms with E-state index in [1.165, 1.54) is 42.0 Å². The van der Waals surface area contributed by atoms with Gasteiger partial charge in [0.05, 0.1) is 11.0 Å². The Kier molecular flexibility index (Phi) is 7.03. The molecule has 8 aromatic carbocycles. The van der Waals surface area contributed by atoms with Crippen LogP contribution in [-0.4, -0.2) is 19.5 Å². The van der Waals surface area contributed by atoms with Gasteiger partial charge in [0, 0.05) is 64.1 Å². The van der Waals surface area contributed by atoms with Crippen molar-refractivity contribution >= 4 is 75.3 Å². The van der Waals surface area contributed by atoms with E-state index in [9.17, 15) is 0 Å². The standard InChI is InChI=1S/C51H30N4OS/c1-3-12-31(13-4-1)49-52-50(54-51(53-49)40-18-11-21-47-48(40)39-17-8-10-20-46(39)57-47)34-23-26-38-37-25-22-33(29-44(37)56-45(38)30-34)32-24-27-43-41(28-32)36-16-7-9-19-42(36)55(43)35-14-5-2-6-15-35/h1-30H. The molecule has 0 saturated heterocycles. The summed E-state index contributed by atoms with van der Waals surface area (Å²) in [4.78, 5) is 15.3. The minimum atomic E-state index is 0.599. The summed E-state index contributed by atoms with van der Waals surface area (Å²) < 4.78 is 11.4. The number of hydrogen-bond donors (Lipinski definition) is 0. The highest BCUT2D eigenvalue weighted by molar-refractivity contribution is 7.25. The van der Waals surface area contributed by atoms with Gasteiger partial charge in [0.15, 0.2) is 17.5 Å². The average molecular weight is 747 g/mol. The van der Waals surface area contributed by atoms with Crippen molar-refractivity contribution in [2.24, 2.45) is 0 Å². The first kappa shape index (κ1) is 31.9. The molecule has 0 amide bonds. The Labute approximate surface area is 330 Å². The highest BCUT2D eigenvalue weighted by Gasteiger charge is 2.19. The maximum atomic E-state index is 6.65. The molecular formula is C51H30N4OS. The molecule has 0 aliphatic rings. The first-order chi connectivity index (χ1) is 28.2. The number of fused-ring (bicyclic) bond motifs is 9. The molecule has 57 heavy (non-hydrogen) atoms. The van der Waals surface area contributed by atoms with Gasteiger partial charge in [-0.25, -0.2) is 15.0 Å². The second-order valence-corrected chi connectivity index (χ2v) is 15.5. The zero-order valence-electron chi connectivity index (χ0n) is 30.4. The lowest BCUT2D eigenvalue weighted by Gasteiger charge is -2.09. The number of hydrogen-bond acceptors (Lipinski definition) is 5. The van der Waals surface area contributed by atoms with Crippen molar-refractivity contribution in [2.45, 2.75) is 0 Å². The minimum absolute atomic E-state index is 0.599. The van der Waals surface area contributed by atoms with E-state index in [4.69, 9.17) is 19.4 Å². The van der Waals surface area contributed by atoms with E-state index < -0.39 is 0 Å². The normalized spacial score (nSPS) is 11.9. The molecule has 12 aromatic rings. The molecule has 6 heteroatoms. The molecule has 0 aliphatic carbocycles. The van der Waals surface area contributed by atoms with Gasteiger partial charge in [-0.1, -0.05) is 115 Å². The summed E-state index contributed by atoms with van der Waals surface area (Å²) >= 11 is 1.79. The highest BCUT2D eigenvalue weighted by atomic mass is 32.1. The summed E-state index contributed by atoms with van der Waals surface area (Å²) in [6.07, 6.45) is 0. The van der Waals surface area contributed by atoms with Gasteiger partial charge in [0.2, 0.25) is 0 Å². The fourth-order valence-electron chi connectivity index (χ4n) is 8.41. The first-order valence-corrected chi connectivity index (χ1v) is 19.8. The van der Waals surface area contributed by atoms with Crippen molar-refractivity contribution in [2.75, 3.05) is 0 Å². The summed E-state index contributed by atoms with van der Waals surface area (Å²) in [5, 5.41) is 6.94. The van der Waals surface area contributed by atoms with Crippen LogP contribution in [0.2, 0.25) is 0 Å². The second-order valence-electron chi connectivity index (χ2n) is 14.4. The van der Waals surface area contributed by atoms with Gasteiger partial charge >= 0.3 is 0 Å². The molecule has 0 spiro atoms. The van der Waals surface area contributed by atoms with Crippen molar-refractivity contribution < 1.29 is 4.42 Å². The van der Waals surface area contributed by atoms with Crippen molar-refractivity contribution in [1.82, 2.24) is 19.5 Å². The van der Waals surface area contributed by atoms with Crippen molar-refractivity contribution in [1.29, 1.82) is 0 Å². The topological polar surface area (TPSA) is 56.7 Å². The SMILES string of the molecule is c1ccc(-c2nc(-c3ccc4c(c3)oc3cc(-c5ccc6c(c5)c5ccccc5n6-c5ccccc5)ccc34)nc(-c3cccc4sc5ccccc5c34)n2)cc1. The molecular weight excluding hydrogens is 717 g/mol. The van der Waals surface area contributed by atoms with Crippen LogP contribution in [0, 0.1) is 0 Å². The predicted octanol–water partition coefficient (Wildman–Crippen LogP) is 13.9. The zero-order valence-corrected chi connectivity index (χ0v) is 31.2. The summed E-state index contributed by atoms with van der Waals surface area (Å²) in [6.45, 7) is 0. The molecule has 4 aromatic heterocycles. The molecule has 0 saturated carbocycles. The van der Waals surface area contributed by atoms with Gasteiger partial charge in [-0.2, -0.15) is 0 Å². The van der Waals surface area contributed by atoms with Crippen molar-refractivity contribution in [3.63, 3.8) is 0 Å². The number of furan rings is 1. The molecule has 0 aliphatic heterocycles. The van der Waals surface area contributed by atoms with Crippen LogP contribution in [0.3, 0.4) is 0 Å². The largest absolute Gasteiger partial charge is 0.456 e. The summed E-state index contributed by atoms with van der Waals surface area (Å²) in [5.41, 5.74) is 10.2. The van der Waals surface area contributed by atoms with Crippen LogP contribution in [-0.2, 0) is 0 Å². The van der Waals surface area contributed by atoms with E-state index in [2.05, 4.69) is 156 Å². The third-order valence-corrected chi connectivity index (χ3v) is 12.2. The number of thiophene rings is 1. The number of para-hydroxylation sites is 2. The summed E-state index contributed by atoms with van der Waals surface area (Å²) in [6, 6.07) is 63.8. The van der Waals surface area contributed by atoms with Crippen molar-refractivity contribution in [3.05, 3.63) is 182 Å². The van der Waals surface area contributed by atoms with E-state index in [0.717, 1.165) is 55.4 Å². The van der Waals surface area contributed by atoms with Gasteiger partial charge < -0.3 is 8.98 Å². The van der Waals surface area contributed by atoms with E-state index in [0.29, 0.717) is 17.5 Å². The van der Waals surface area contributed by atoms with Crippen LogP contribution in [0.5, 0.6) is 0 Å². The van der Waals surface area contributed by atoms with Gasteiger partial charge in [-0.3, -0.25) is 0 Å². The minimum Gasteiger partial charge on any atom is -0.456 e. The molecule has 0 fully saturated rings. The second kappa shape index (κ2) is 12.6. The third-order valence-electron chi connectivity index (χ3n) is 11.1. The average Bonchev–Trinajstić information content (AvgIpc) is 3.95. The van der Waals surface area contributed by atoms with Crippen LogP contribution in [0.25, 0.3) is 115 Å². The lowest BCUT2D eigenvalue weighted by molar-refractivity contribution is 0.669. The van der Waals surface area contributed by atoms with Gasteiger partial charge in [0.25, 0.3) is 0 Å². The van der Waals surface area contributed by atoms with E-state index >= 15 is 0 Å². The lowest BCUT2D eigenvalue weighted by Crippen LogP contribution is -2.00. The quantitative estimate of drug-likeness (QED) is 0.176. The Balaban J connectivity index is 0.978. The Morgan fingerprint density at radius 2 is 0.982 bits per heavy atom. The van der Waals surface area contributed by atoms with Gasteiger partial charge in [0.1, 0.15) is 11.2 Å². The van der Waals surface area contributed by atoms with Crippen LogP contribution in [0.1, 0.15) is 0 Å². The number of aromatic nitrogens is 4. The van der Waals surface area contributed by atoms with Gasteiger partial charge in [-0.05, 0) is 77.9 Å². The van der Waals surface area contributed by atoms with Crippen LogP contribution in [0.4, 0.5) is 0 Å². The summed E-state index contributed by atoms with van der Waals surface area (Å²) in [5.74, 6) is 1.87. The maximum Gasteiger partial charge on any atom is 0.164 e. The number of rotatable bonds is 5. The number of nitrogens with zero attached hydrogens (tertiary/aromatic N) is 4.